The third kappa shape index (κ3) is 5.11. The maximum atomic E-state index is 6.28. The highest BCUT2D eigenvalue weighted by Gasteiger charge is 2.25. The molecule has 1 aliphatic rings. The van der Waals surface area contributed by atoms with Crippen molar-refractivity contribution in [1.29, 1.82) is 0 Å². The number of guanidine groups is 1. The van der Waals surface area contributed by atoms with E-state index in [0.717, 1.165) is 55.4 Å². The van der Waals surface area contributed by atoms with Crippen LogP contribution in [0.3, 0.4) is 0 Å². The summed E-state index contributed by atoms with van der Waals surface area (Å²) in [5.74, 6) is 1.66. The summed E-state index contributed by atoms with van der Waals surface area (Å²) in [6.45, 7) is 3.36. The number of aliphatic imine (C=N–C) groups is 1. The average Bonchev–Trinajstić information content (AvgIpc) is 3.35. The summed E-state index contributed by atoms with van der Waals surface area (Å²) in [5, 5.41) is 7.59. The van der Waals surface area contributed by atoms with Crippen molar-refractivity contribution in [3.63, 3.8) is 0 Å². The van der Waals surface area contributed by atoms with Gasteiger partial charge in [-0.05, 0) is 30.7 Å². The van der Waals surface area contributed by atoms with Crippen molar-refractivity contribution < 1.29 is 0 Å². The van der Waals surface area contributed by atoms with Gasteiger partial charge in [-0.3, -0.25) is 4.99 Å². The monoisotopic (exact) mass is 525 g/mol. The third-order valence-corrected chi connectivity index (χ3v) is 5.26. The molecule has 1 aromatic carbocycles. The fourth-order valence-electron chi connectivity index (χ4n) is 3.55. The topological polar surface area (TPSA) is 70.4 Å². The lowest BCUT2D eigenvalue weighted by Crippen LogP contribution is -2.45. The summed E-state index contributed by atoms with van der Waals surface area (Å²) in [6.07, 6.45) is 4.68. The molecule has 2 aromatic heterocycles. The van der Waals surface area contributed by atoms with Gasteiger partial charge in [0.25, 0.3) is 0 Å². The van der Waals surface area contributed by atoms with Crippen molar-refractivity contribution >= 4 is 58.4 Å². The summed E-state index contributed by atoms with van der Waals surface area (Å²) < 4.78 is 2.15. The zero-order chi connectivity index (χ0) is 19.3. The van der Waals surface area contributed by atoms with E-state index in [4.69, 9.17) is 11.6 Å². The Morgan fingerprint density at radius 3 is 2.93 bits per heavy atom. The molecule has 1 atom stereocenters. The molecule has 1 unspecified atom stereocenters. The lowest BCUT2D eigenvalue weighted by Gasteiger charge is -2.20. The van der Waals surface area contributed by atoms with E-state index in [1.807, 2.05) is 36.7 Å². The maximum absolute atomic E-state index is 6.28. The molecular formula is C20H25ClIN7. The number of halogens is 2. The van der Waals surface area contributed by atoms with Crippen LogP contribution in [0.1, 0.15) is 6.42 Å². The van der Waals surface area contributed by atoms with E-state index in [2.05, 4.69) is 41.1 Å². The predicted molar refractivity (Wildman–Crippen MR) is 130 cm³/mol. The first-order chi connectivity index (χ1) is 13.7. The minimum absolute atomic E-state index is 0. The second-order valence-electron chi connectivity index (χ2n) is 6.81. The summed E-state index contributed by atoms with van der Waals surface area (Å²) in [7, 11) is 1.80. The number of nitrogens with zero attached hydrogens (tertiary/aromatic N) is 5. The molecule has 0 bridgehead atoms. The van der Waals surface area contributed by atoms with Gasteiger partial charge in [-0.15, -0.1) is 24.0 Å². The molecule has 154 valence electrons. The van der Waals surface area contributed by atoms with Crippen molar-refractivity contribution in [3.05, 3.63) is 53.9 Å². The molecule has 1 aliphatic heterocycles. The smallest absolute Gasteiger partial charge is 0.191 e. The van der Waals surface area contributed by atoms with E-state index in [1.165, 1.54) is 0 Å². The molecule has 4 rings (SSSR count). The molecule has 29 heavy (non-hydrogen) atoms. The van der Waals surface area contributed by atoms with Crippen LogP contribution < -0.4 is 15.5 Å². The molecule has 0 aliphatic carbocycles. The van der Waals surface area contributed by atoms with E-state index < -0.39 is 0 Å². The standard InChI is InChI=1S/C20H24ClN7.HI/c1-22-20(24-10-12-28-14-25-17-6-2-3-7-18(17)28)26-15-8-11-27(13-15)19-16(21)5-4-9-23-19;/h2-7,9,14-15H,8,10-13H2,1H3,(H2,22,24,26);1H. The summed E-state index contributed by atoms with van der Waals surface area (Å²) in [6, 6.07) is 12.2. The Hall–Kier alpha value is -2.07. The second kappa shape index (κ2) is 10.1. The quantitative estimate of drug-likeness (QED) is 0.304. The zero-order valence-corrected chi connectivity index (χ0v) is 19.3. The fourth-order valence-corrected chi connectivity index (χ4v) is 3.79. The van der Waals surface area contributed by atoms with E-state index in [0.29, 0.717) is 11.1 Å². The van der Waals surface area contributed by atoms with E-state index in [9.17, 15) is 0 Å². The molecule has 0 saturated carbocycles. The third-order valence-electron chi connectivity index (χ3n) is 4.96. The van der Waals surface area contributed by atoms with E-state index in [-0.39, 0.29) is 24.0 Å². The molecule has 3 aromatic rings. The van der Waals surface area contributed by atoms with Crippen molar-refractivity contribution in [2.24, 2.45) is 4.99 Å². The van der Waals surface area contributed by atoms with Crippen LogP contribution in [0.5, 0.6) is 0 Å². The Morgan fingerprint density at radius 2 is 2.10 bits per heavy atom. The molecule has 0 radical (unpaired) electrons. The summed E-state index contributed by atoms with van der Waals surface area (Å²) in [5.41, 5.74) is 2.16. The van der Waals surface area contributed by atoms with Crippen LogP contribution >= 0.6 is 35.6 Å². The number of pyridine rings is 1. The number of aromatic nitrogens is 3. The van der Waals surface area contributed by atoms with Crippen molar-refractivity contribution in [1.82, 2.24) is 25.2 Å². The molecular weight excluding hydrogens is 501 g/mol. The number of fused-ring (bicyclic) bond motifs is 1. The SMILES string of the molecule is CN=C(NCCn1cnc2ccccc21)NC1CCN(c2ncccc2Cl)C1.I. The van der Waals surface area contributed by atoms with Gasteiger partial charge in [0.2, 0.25) is 0 Å². The van der Waals surface area contributed by atoms with Gasteiger partial charge < -0.3 is 20.1 Å². The lowest BCUT2D eigenvalue weighted by atomic mass is 10.3. The predicted octanol–water partition coefficient (Wildman–Crippen LogP) is 3.15. The first-order valence-electron chi connectivity index (χ1n) is 9.47. The Morgan fingerprint density at radius 1 is 1.24 bits per heavy atom. The summed E-state index contributed by atoms with van der Waals surface area (Å²) >= 11 is 6.28. The van der Waals surface area contributed by atoms with Crippen LogP contribution in [-0.4, -0.2) is 53.2 Å². The van der Waals surface area contributed by atoms with Gasteiger partial charge in [0.05, 0.1) is 22.4 Å². The highest BCUT2D eigenvalue weighted by atomic mass is 127. The molecule has 9 heteroatoms. The average molecular weight is 526 g/mol. The molecule has 3 heterocycles. The second-order valence-corrected chi connectivity index (χ2v) is 7.22. The number of rotatable bonds is 5. The Kier molecular flexibility index (Phi) is 7.54. The van der Waals surface area contributed by atoms with Gasteiger partial charge in [0.1, 0.15) is 5.82 Å². The molecule has 7 nitrogen and oxygen atoms in total. The van der Waals surface area contributed by atoms with Gasteiger partial charge in [0, 0.05) is 45.5 Å². The van der Waals surface area contributed by atoms with E-state index in [1.54, 1.807) is 13.2 Å². The van der Waals surface area contributed by atoms with Crippen molar-refractivity contribution in [2.45, 2.75) is 19.0 Å². The van der Waals surface area contributed by atoms with Gasteiger partial charge in [-0.1, -0.05) is 23.7 Å². The number of para-hydroxylation sites is 2. The largest absolute Gasteiger partial charge is 0.355 e. The number of imidazole rings is 1. The summed E-state index contributed by atoms with van der Waals surface area (Å²) in [4.78, 5) is 15.4. The number of hydrogen-bond donors (Lipinski definition) is 2. The fraction of sp³-hybridized carbons (Fsp3) is 0.350. The lowest BCUT2D eigenvalue weighted by molar-refractivity contribution is 0.629. The van der Waals surface area contributed by atoms with Crippen LogP contribution in [0.4, 0.5) is 5.82 Å². The molecule has 1 fully saturated rings. The Labute approximate surface area is 192 Å². The van der Waals surface area contributed by atoms with Crippen molar-refractivity contribution in [3.8, 4) is 0 Å². The van der Waals surface area contributed by atoms with Gasteiger partial charge in [0.15, 0.2) is 5.96 Å². The molecule has 0 spiro atoms. The minimum Gasteiger partial charge on any atom is -0.355 e. The Bertz CT molecular complexity index is 974. The van der Waals surface area contributed by atoms with Gasteiger partial charge in [-0.2, -0.15) is 0 Å². The zero-order valence-electron chi connectivity index (χ0n) is 16.3. The first-order valence-corrected chi connectivity index (χ1v) is 9.85. The minimum atomic E-state index is 0. The number of hydrogen-bond acceptors (Lipinski definition) is 4. The van der Waals surface area contributed by atoms with Gasteiger partial charge in [-0.25, -0.2) is 9.97 Å². The van der Waals surface area contributed by atoms with Crippen LogP contribution in [0.2, 0.25) is 5.02 Å². The maximum Gasteiger partial charge on any atom is 0.191 e. The van der Waals surface area contributed by atoms with Crippen LogP contribution in [-0.2, 0) is 6.54 Å². The van der Waals surface area contributed by atoms with E-state index >= 15 is 0 Å². The van der Waals surface area contributed by atoms with Gasteiger partial charge >= 0.3 is 0 Å². The Balaban J connectivity index is 0.00000240. The number of nitrogens with one attached hydrogen (secondary N) is 2. The first kappa shape index (κ1) is 21.6. The highest BCUT2D eigenvalue weighted by molar-refractivity contribution is 14.0. The van der Waals surface area contributed by atoms with Crippen molar-refractivity contribution in [2.75, 3.05) is 31.6 Å². The number of anilines is 1. The van der Waals surface area contributed by atoms with Crippen LogP contribution in [0, 0.1) is 0 Å². The molecule has 1 saturated heterocycles. The van der Waals surface area contributed by atoms with Crippen LogP contribution in [0.15, 0.2) is 53.9 Å². The highest BCUT2D eigenvalue weighted by Crippen LogP contribution is 2.25. The molecule has 0 amide bonds. The number of benzene rings is 1. The normalized spacial score (nSPS) is 16.7. The van der Waals surface area contributed by atoms with Crippen LogP contribution in [0.25, 0.3) is 11.0 Å². The molecule has 2 N–H and O–H groups in total.